The second-order valence-electron chi connectivity index (χ2n) is 5.62. The predicted molar refractivity (Wildman–Crippen MR) is 82.3 cm³/mol. The molecule has 0 aromatic carbocycles. The quantitative estimate of drug-likeness (QED) is 0.691. The first kappa shape index (κ1) is 15.3. The summed E-state index contributed by atoms with van der Waals surface area (Å²) in [5.74, 6) is 0.713. The lowest BCUT2D eigenvalue weighted by atomic mass is 10.2. The minimum Gasteiger partial charge on any atom is -0.466 e. The third kappa shape index (κ3) is 4.47. The van der Waals surface area contributed by atoms with Gasteiger partial charge in [0.15, 0.2) is 5.13 Å². The molecule has 0 saturated heterocycles. The van der Waals surface area contributed by atoms with E-state index in [1.54, 1.807) is 11.3 Å². The molecule has 0 N–H and O–H groups in total. The molecule has 1 aromatic rings. The van der Waals surface area contributed by atoms with Gasteiger partial charge in [0.2, 0.25) is 0 Å². The molecule has 1 fully saturated rings. The molecule has 0 radical (unpaired) electrons. The first-order valence-electron chi connectivity index (χ1n) is 7.46. The number of esters is 1. The minimum atomic E-state index is -0.138. The fraction of sp³-hybridized carbons (Fsp3) is 0.733. The van der Waals surface area contributed by atoms with E-state index in [4.69, 9.17) is 4.74 Å². The van der Waals surface area contributed by atoms with Crippen molar-refractivity contribution in [3.05, 3.63) is 11.1 Å². The van der Waals surface area contributed by atoms with Crippen molar-refractivity contribution < 1.29 is 9.53 Å². The van der Waals surface area contributed by atoms with E-state index in [-0.39, 0.29) is 5.97 Å². The summed E-state index contributed by atoms with van der Waals surface area (Å²) >= 11 is 1.68. The molecule has 112 valence electrons. The molecule has 0 aliphatic heterocycles. The molecule has 5 heteroatoms. The van der Waals surface area contributed by atoms with Gasteiger partial charge in [-0.25, -0.2) is 4.98 Å². The number of carbonyl (C=O) groups is 1. The SMILES string of the molecule is CCOC(=O)CCc1csc(N(CC2CC2)C(C)C)n1. The van der Waals surface area contributed by atoms with Crippen molar-refractivity contribution in [3.63, 3.8) is 0 Å². The van der Waals surface area contributed by atoms with Gasteiger partial charge >= 0.3 is 5.97 Å². The van der Waals surface area contributed by atoms with Crippen LogP contribution >= 0.6 is 11.3 Å². The average molecular weight is 296 g/mol. The van der Waals surface area contributed by atoms with Crippen LogP contribution in [0.2, 0.25) is 0 Å². The van der Waals surface area contributed by atoms with Crippen LogP contribution in [0, 0.1) is 5.92 Å². The Morgan fingerprint density at radius 3 is 2.90 bits per heavy atom. The molecule has 1 aromatic heterocycles. The first-order valence-corrected chi connectivity index (χ1v) is 8.34. The summed E-state index contributed by atoms with van der Waals surface area (Å²) in [6.07, 6.45) is 3.79. The number of aryl methyl sites for hydroxylation is 1. The number of rotatable bonds is 8. The van der Waals surface area contributed by atoms with Crippen LogP contribution in [0.4, 0.5) is 5.13 Å². The van der Waals surface area contributed by atoms with E-state index in [1.165, 1.54) is 12.8 Å². The largest absolute Gasteiger partial charge is 0.466 e. The van der Waals surface area contributed by atoms with Crippen molar-refractivity contribution in [2.24, 2.45) is 5.92 Å². The highest BCUT2D eigenvalue weighted by Gasteiger charge is 2.26. The van der Waals surface area contributed by atoms with Crippen LogP contribution in [0.1, 0.15) is 45.7 Å². The zero-order valence-electron chi connectivity index (χ0n) is 12.6. The van der Waals surface area contributed by atoms with Gasteiger partial charge in [-0.2, -0.15) is 0 Å². The van der Waals surface area contributed by atoms with Crippen LogP contribution in [0.15, 0.2) is 5.38 Å². The van der Waals surface area contributed by atoms with Crippen molar-refractivity contribution in [3.8, 4) is 0 Å². The standard InChI is InChI=1S/C15H24N2O2S/c1-4-19-14(18)8-7-13-10-20-15(16-13)17(11(2)3)9-12-5-6-12/h10-12H,4-9H2,1-3H3. The number of anilines is 1. The molecule has 0 bridgehead atoms. The number of nitrogens with zero attached hydrogens (tertiary/aromatic N) is 2. The molecule has 1 aliphatic rings. The highest BCUT2D eigenvalue weighted by atomic mass is 32.1. The third-order valence-corrected chi connectivity index (χ3v) is 4.38. The van der Waals surface area contributed by atoms with Crippen molar-refractivity contribution in [2.75, 3.05) is 18.1 Å². The van der Waals surface area contributed by atoms with Crippen LogP contribution in [0.3, 0.4) is 0 Å². The molecule has 2 rings (SSSR count). The van der Waals surface area contributed by atoms with E-state index in [0.717, 1.165) is 23.3 Å². The summed E-state index contributed by atoms with van der Waals surface area (Å²) in [5.41, 5.74) is 1.000. The van der Waals surface area contributed by atoms with E-state index in [0.29, 0.717) is 25.5 Å². The van der Waals surface area contributed by atoms with Crippen LogP contribution in [-0.2, 0) is 16.0 Å². The summed E-state index contributed by atoms with van der Waals surface area (Å²) in [6.45, 7) is 7.81. The molecule has 0 atom stereocenters. The molecule has 0 unspecified atom stereocenters. The van der Waals surface area contributed by atoms with Crippen LogP contribution in [-0.4, -0.2) is 30.1 Å². The lowest BCUT2D eigenvalue weighted by molar-refractivity contribution is -0.143. The fourth-order valence-electron chi connectivity index (χ4n) is 2.09. The van der Waals surface area contributed by atoms with Crippen LogP contribution in [0.5, 0.6) is 0 Å². The maximum Gasteiger partial charge on any atom is 0.306 e. The smallest absolute Gasteiger partial charge is 0.306 e. The van der Waals surface area contributed by atoms with Crippen molar-refractivity contribution in [1.29, 1.82) is 0 Å². The molecule has 1 saturated carbocycles. The Kier molecular flexibility index (Phi) is 5.40. The van der Waals surface area contributed by atoms with Gasteiger partial charge in [-0.3, -0.25) is 4.79 Å². The molecule has 20 heavy (non-hydrogen) atoms. The Labute approximate surface area is 125 Å². The first-order chi connectivity index (χ1) is 9.60. The molecule has 1 aliphatic carbocycles. The van der Waals surface area contributed by atoms with Gasteiger partial charge in [0, 0.05) is 24.4 Å². The van der Waals surface area contributed by atoms with E-state index in [9.17, 15) is 4.79 Å². The van der Waals surface area contributed by atoms with Gasteiger partial charge in [-0.15, -0.1) is 11.3 Å². The number of hydrogen-bond donors (Lipinski definition) is 0. The highest BCUT2D eigenvalue weighted by Crippen LogP contribution is 2.33. The number of ether oxygens (including phenoxy) is 1. The van der Waals surface area contributed by atoms with Gasteiger partial charge < -0.3 is 9.64 Å². The molecule has 0 spiro atoms. The fourth-order valence-corrected chi connectivity index (χ4v) is 3.10. The lowest BCUT2D eigenvalue weighted by Crippen LogP contribution is -2.32. The summed E-state index contributed by atoms with van der Waals surface area (Å²) in [7, 11) is 0. The molecular weight excluding hydrogens is 272 g/mol. The van der Waals surface area contributed by atoms with Crippen LogP contribution < -0.4 is 4.90 Å². The monoisotopic (exact) mass is 296 g/mol. The summed E-state index contributed by atoms with van der Waals surface area (Å²) < 4.78 is 4.94. The maximum absolute atomic E-state index is 11.4. The van der Waals surface area contributed by atoms with E-state index in [2.05, 4.69) is 29.1 Å². The van der Waals surface area contributed by atoms with Gasteiger partial charge in [-0.1, -0.05) is 0 Å². The van der Waals surface area contributed by atoms with Crippen molar-refractivity contribution >= 4 is 22.4 Å². The van der Waals surface area contributed by atoms with Gasteiger partial charge in [0.25, 0.3) is 0 Å². The Morgan fingerprint density at radius 2 is 2.30 bits per heavy atom. The maximum atomic E-state index is 11.4. The van der Waals surface area contributed by atoms with E-state index < -0.39 is 0 Å². The van der Waals surface area contributed by atoms with Crippen molar-refractivity contribution in [2.45, 2.75) is 52.5 Å². The summed E-state index contributed by atoms with van der Waals surface area (Å²) in [4.78, 5) is 18.4. The van der Waals surface area contributed by atoms with Crippen LogP contribution in [0.25, 0.3) is 0 Å². The molecule has 1 heterocycles. The van der Waals surface area contributed by atoms with E-state index in [1.807, 2.05) is 6.92 Å². The van der Waals surface area contributed by atoms with Crippen molar-refractivity contribution in [1.82, 2.24) is 4.98 Å². The molecule has 4 nitrogen and oxygen atoms in total. The third-order valence-electron chi connectivity index (χ3n) is 3.45. The lowest BCUT2D eigenvalue weighted by Gasteiger charge is -2.26. The second kappa shape index (κ2) is 7.07. The van der Waals surface area contributed by atoms with Gasteiger partial charge in [-0.05, 0) is 39.5 Å². The molecule has 0 amide bonds. The Bertz CT molecular complexity index is 441. The second-order valence-corrected chi connectivity index (χ2v) is 6.45. The topological polar surface area (TPSA) is 42.4 Å². The average Bonchev–Trinajstić information content (AvgIpc) is 3.11. The van der Waals surface area contributed by atoms with Gasteiger partial charge in [0.1, 0.15) is 0 Å². The number of hydrogen-bond acceptors (Lipinski definition) is 5. The van der Waals surface area contributed by atoms with Gasteiger partial charge in [0.05, 0.1) is 18.7 Å². The number of aromatic nitrogens is 1. The Hall–Kier alpha value is -1.10. The zero-order chi connectivity index (χ0) is 14.5. The normalized spacial score (nSPS) is 14.6. The molecular formula is C15H24N2O2S. The minimum absolute atomic E-state index is 0.138. The van der Waals surface area contributed by atoms with E-state index >= 15 is 0 Å². The summed E-state index contributed by atoms with van der Waals surface area (Å²) in [5, 5.41) is 3.15. The Balaban J connectivity index is 1.90. The zero-order valence-corrected chi connectivity index (χ0v) is 13.4. The summed E-state index contributed by atoms with van der Waals surface area (Å²) in [6, 6.07) is 0.472. The number of thiazole rings is 1. The predicted octanol–water partition coefficient (Wildman–Crippen LogP) is 3.26. The highest BCUT2D eigenvalue weighted by molar-refractivity contribution is 7.13. The Morgan fingerprint density at radius 1 is 1.55 bits per heavy atom. The number of carbonyl (C=O) groups excluding carboxylic acids is 1.